The van der Waals surface area contributed by atoms with Crippen LogP contribution in [0.15, 0.2) is 24.5 Å². The number of nitrogens with zero attached hydrogens (tertiary/aromatic N) is 4. The predicted octanol–water partition coefficient (Wildman–Crippen LogP) is 0.865. The fraction of sp³-hybridized carbons (Fsp3) is 0.385. The number of hydrogen-bond acceptors (Lipinski definition) is 5. The minimum atomic E-state index is -0.551. The first-order valence-electron chi connectivity index (χ1n) is 6.90. The van der Waals surface area contributed by atoms with Crippen molar-refractivity contribution in [2.45, 2.75) is 6.04 Å². The Hall–Kier alpha value is -2.39. The summed E-state index contributed by atoms with van der Waals surface area (Å²) in [5, 5.41) is 14.0. The molecule has 2 aromatic heterocycles. The zero-order chi connectivity index (χ0) is 15.7. The third-order valence-corrected chi connectivity index (χ3v) is 3.76. The van der Waals surface area contributed by atoms with E-state index in [1.807, 2.05) is 17.8 Å². The molecule has 1 aliphatic rings. The van der Waals surface area contributed by atoms with Gasteiger partial charge >= 0.3 is 5.82 Å². The second-order valence-electron chi connectivity index (χ2n) is 5.13. The lowest BCUT2D eigenvalue weighted by atomic mass is 10.1. The van der Waals surface area contributed by atoms with Crippen LogP contribution in [0.5, 0.6) is 0 Å². The summed E-state index contributed by atoms with van der Waals surface area (Å²) in [6.07, 6.45) is 3.51. The van der Waals surface area contributed by atoms with Gasteiger partial charge in [0.05, 0.1) is 0 Å². The highest BCUT2D eigenvalue weighted by Crippen LogP contribution is 2.23. The molecule has 1 aliphatic heterocycles. The Kier molecular flexibility index (Phi) is 5.02. The van der Waals surface area contributed by atoms with Gasteiger partial charge in [-0.25, -0.2) is 9.97 Å². The predicted molar refractivity (Wildman–Crippen MR) is 84.6 cm³/mol. The molecule has 0 spiro atoms. The number of H-pyrrole nitrogens is 1. The number of carbonyl (C=O) groups is 1. The molecule has 1 unspecified atom stereocenters. The van der Waals surface area contributed by atoms with Crippen LogP contribution in [0.4, 0.5) is 5.82 Å². The second-order valence-corrected chi connectivity index (χ2v) is 5.13. The average molecular weight is 341 g/mol. The van der Waals surface area contributed by atoms with Gasteiger partial charge in [-0.3, -0.25) is 4.79 Å². The molecular weight excluding hydrogens is 324 g/mol. The number of hydrogen-bond donors (Lipinski definition) is 2. The monoisotopic (exact) mass is 340 g/mol. The van der Waals surface area contributed by atoms with Crippen LogP contribution < -0.4 is 5.32 Å². The first kappa shape index (κ1) is 17.0. The summed E-state index contributed by atoms with van der Waals surface area (Å²) >= 11 is 0. The van der Waals surface area contributed by atoms with Gasteiger partial charge in [0.15, 0.2) is 5.69 Å². The fourth-order valence-corrected chi connectivity index (χ4v) is 2.65. The van der Waals surface area contributed by atoms with Gasteiger partial charge in [0.25, 0.3) is 5.91 Å². The lowest BCUT2D eigenvalue weighted by Gasteiger charge is -2.35. The first-order chi connectivity index (χ1) is 10.6. The summed E-state index contributed by atoms with van der Waals surface area (Å²) in [7, 11) is 1.87. The molecule has 9 nitrogen and oxygen atoms in total. The van der Waals surface area contributed by atoms with E-state index >= 15 is 0 Å². The van der Waals surface area contributed by atoms with E-state index in [0.717, 1.165) is 5.82 Å². The molecule has 0 aromatic carbocycles. The summed E-state index contributed by atoms with van der Waals surface area (Å²) in [5.41, 5.74) is 0.216. The maximum Gasteiger partial charge on any atom is 0.321 e. The molecule has 124 valence electrons. The van der Waals surface area contributed by atoms with Crippen LogP contribution in [0.25, 0.3) is 0 Å². The molecule has 23 heavy (non-hydrogen) atoms. The molecule has 3 heterocycles. The number of aromatic amines is 1. The Morgan fingerprint density at radius 1 is 1.48 bits per heavy atom. The maximum absolute atomic E-state index is 12.7. The highest BCUT2D eigenvalue weighted by Gasteiger charge is 2.33. The highest BCUT2D eigenvalue weighted by molar-refractivity contribution is 5.93. The van der Waals surface area contributed by atoms with E-state index in [1.165, 1.54) is 12.1 Å². The number of piperazine rings is 1. The zero-order valence-corrected chi connectivity index (χ0v) is 13.2. The largest absolute Gasteiger partial charge is 0.358 e. The van der Waals surface area contributed by atoms with Crippen LogP contribution in [0.1, 0.15) is 22.4 Å². The van der Waals surface area contributed by atoms with Crippen molar-refractivity contribution in [3.05, 3.63) is 46.2 Å². The van der Waals surface area contributed by atoms with E-state index in [1.54, 1.807) is 11.1 Å². The fourth-order valence-electron chi connectivity index (χ4n) is 2.65. The van der Waals surface area contributed by atoms with Gasteiger partial charge in [-0.05, 0) is 11.0 Å². The number of nitrogens with one attached hydrogen (secondary N) is 2. The van der Waals surface area contributed by atoms with Crippen molar-refractivity contribution in [2.24, 2.45) is 7.05 Å². The Morgan fingerprint density at radius 2 is 2.26 bits per heavy atom. The topological polar surface area (TPSA) is 109 Å². The Balaban J connectivity index is 0.00000192. The third kappa shape index (κ3) is 3.20. The number of rotatable bonds is 3. The Labute approximate surface area is 138 Å². The number of carbonyl (C=O) groups excluding carboxylic acids is 1. The zero-order valence-electron chi connectivity index (χ0n) is 12.4. The van der Waals surface area contributed by atoms with Crippen LogP contribution in [-0.2, 0) is 7.05 Å². The smallest absolute Gasteiger partial charge is 0.321 e. The molecule has 10 heteroatoms. The molecular formula is C13H17ClN6O3. The molecule has 0 aliphatic carbocycles. The summed E-state index contributed by atoms with van der Waals surface area (Å²) in [5.74, 6) is 0.330. The standard InChI is InChI=1S/C13H16N6O3.ClH/c1-17-6-5-15-12(17)10-8-14-4-7-18(10)13(20)9-2-3-11(16-9)19(21)22;/h2-3,5-6,10,14,16H,4,7-8H2,1H3;1H. The van der Waals surface area contributed by atoms with Crippen molar-refractivity contribution in [2.75, 3.05) is 19.6 Å². The van der Waals surface area contributed by atoms with Crippen LogP contribution in [0.3, 0.4) is 0 Å². The van der Waals surface area contributed by atoms with Crippen LogP contribution >= 0.6 is 12.4 Å². The van der Waals surface area contributed by atoms with Crippen molar-refractivity contribution in [1.29, 1.82) is 0 Å². The van der Waals surface area contributed by atoms with Gasteiger partial charge in [-0.15, -0.1) is 12.4 Å². The molecule has 0 radical (unpaired) electrons. The number of halogens is 1. The van der Waals surface area contributed by atoms with Gasteiger partial charge < -0.3 is 24.9 Å². The van der Waals surface area contributed by atoms with Crippen molar-refractivity contribution < 1.29 is 9.72 Å². The SMILES string of the molecule is Cl.Cn1ccnc1C1CNCCN1C(=O)c1ccc([N+](=O)[O-])[nH]1. The van der Waals surface area contributed by atoms with Gasteiger partial charge in [0.2, 0.25) is 0 Å². The number of aromatic nitrogens is 3. The summed E-state index contributed by atoms with van der Waals surface area (Å²) < 4.78 is 1.87. The molecule has 2 N–H and O–H groups in total. The minimum absolute atomic E-state index is 0. The molecule has 1 amide bonds. The van der Waals surface area contributed by atoms with Crippen molar-refractivity contribution in [3.63, 3.8) is 0 Å². The van der Waals surface area contributed by atoms with Crippen LogP contribution in [0.2, 0.25) is 0 Å². The molecule has 1 fully saturated rings. The number of amides is 1. The average Bonchev–Trinajstić information content (AvgIpc) is 3.15. The lowest BCUT2D eigenvalue weighted by Crippen LogP contribution is -2.49. The summed E-state index contributed by atoms with van der Waals surface area (Å²) in [6, 6.07) is 2.53. The lowest BCUT2D eigenvalue weighted by molar-refractivity contribution is -0.389. The van der Waals surface area contributed by atoms with Crippen molar-refractivity contribution in [1.82, 2.24) is 24.8 Å². The molecule has 1 atom stereocenters. The maximum atomic E-state index is 12.7. The Morgan fingerprint density at radius 3 is 2.87 bits per heavy atom. The molecule has 0 bridgehead atoms. The first-order valence-corrected chi connectivity index (χ1v) is 6.90. The van der Waals surface area contributed by atoms with Gasteiger partial charge in [0, 0.05) is 45.1 Å². The normalized spacial score (nSPS) is 17.6. The van der Waals surface area contributed by atoms with E-state index < -0.39 is 4.92 Å². The van der Waals surface area contributed by atoms with E-state index in [0.29, 0.717) is 19.6 Å². The third-order valence-electron chi connectivity index (χ3n) is 3.76. The second kappa shape index (κ2) is 6.80. The number of imidazole rings is 1. The van der Waals surface area contributed by atoms with Crippen LogP contribution in [-0.4, -0.2) is 49.9 Å². The summed E-state index contributed by atoms with van der Waals surface area (Å²) in [4.78, 5) is 31.4. The Bertz CT molecular complexity index is 712. The van der Waals surface area contributed by atoms with Crippen molar-refractivity contribution in [3.8, 4) is 0 Å². The van der Waals surface area contributed by atoms with Crippen LogP contribution in [0, 0.1) is 10.1 Å². The number of nitro groups is 1. The van der Waals surface area contributed by atoms with E-state index in [2.05, 4.69) is 15.3 Å². The summed E-state index contributed by atoms with van der Waals surface area (Å²) in [6.45, 7) is 1.79. The van der Waals surface area contributed by atoms with Gasteiger partial charge in [0.1, 0.15) is 11.9 Å². The molecule has 2 aromatic rings. The quantitative estimate of drug-likeness (QED) is 0.636. The van der Waals surface area contributed by atoms with E-state index in [4.69, 9.17) is 0 Å². The van der Waals surface area contributed by atoms with Gasteiger partial charge in [-0.1, -0.05) is 0 Å². The highest BCUT2D eigenvalue weighted by atomic mass is 35.5. The molecule has 0 saturated carbocycles. The van der Waals surface area contributed by atoms with Crippen molar-refractivity contribution >= 4 is 24.1 Å². The molecule has 1 saturated heterocycles. The van der Waals surface area contributed by atoms with Gasteiger partial charge in [-0.2, -0.15) is 0 Å². The van der Waals surface area contributed by atoms with E-state index in [-0.39, 0.29) is 35.9 Å². The number of aryl methyl sites for hydroxylation is 1. The van der Waals surface area contributed by atoms with E-state index in [9.17, 15) is 14.9 Å². The molecule has 3 rings (SSSR count). The minimum Gasteiger partial charge on any atom is -0.358 e.